The zero-order chi connectivity index (χ0) is 4.41. The van der Waals surface area contributed by atoms with Crippen LogP contribution in [0.3, 0.4) is 0 Å². The maximum absolute atomic E-state index is 3.57. The van der Waals surface area contributed by atoms with Gasteiger partial charge in [-0.2, -0.15) is 5.56 Å². The molecule has 0 saturated heterocycles. The van der Waals surface area contributed by atoms with E-state index >= 15 is 0 Å². The summed E-state index contributed by atoms with van der Waals surface area (Å²) in [5.74, 6) is 0. The van der Waals surface area contributed by atoms with Gasteiger partial charge < -0.3 is 10.2 Å². The van der Waals surface area contributed by atoms with Crippen LogP contribution in [0.1, 0.15) is 5.56 Å². The number of nitrogens with zero attached hydrogens (tertiary/aromatic N) is 1. The Balaban J connectivity index is 0.000000360. The molecule has 0 saturated carbocycles. The van der Waals surface area contributed by atoms with E-state index in [1.54, 1.807) is 6.20 Å². The Hall–Kier alpha value is -0.128. The van der Waals surface area contributed by atoms with Gasteiger partial charge in [0.15, 0.2) is 0 Å². The molecule has 0 fully saturated rings. The number of aromatic amines is 1. The summed E-state index contributed by atoms with van der Waals surface area (Å²) in [5.41, 5.74) is 1.05. The van der Waals surface area contributed by atoms with Crippen molar-refractivity contribution in [2.75, 3.05) is 0 Å². The third-order valence-corrected chi connectivity index (χ3v) is 0.578. The second-order valence-corrected chi connectivity index (χ2v) is 1.18. The van der Waals surface area contributed by atoms with Crippen LogP contribution in [0.15, 0.2) is 6.20 Å². The zero-order valence-electron chi connectivity index (χ0n) is 3.90. The van der Waals surface area contributed by atoms with Crippen molar-refractivity contribution in [1.82, 2.24) is 10.2 Å². The Labute approximate surface area is 56.0 Å². The Bertz CT molecular complexity index is 113. The van der Waals surface area contributed by atoms with Gasteiger partial charge in [-0.25, -0.2) is 0 Å². The predicted octanol–water partition coefficient (Wildman–Crippen LogP) is 0.516. The second kappa shape index (κ2) is 2.95. The average Bonchev–Trinajstić information content (AvgIpc) is 1.86. The fraction of sp³-hybridized carbons (Fsp3) is 0.250. The molecule has 1 radical (unpaired) electrons. The summed E-state index contributed by atoms with van der Waals surface area (Å²) in [6.45, 7) is 1.93. The molecule has 1 rings (SSSR count). The molecule has 1 aromatic heterocycles. The number of rotatable bonds is 0. The van der Waals surface area contributed by atoms with Crippen molar-refractivity contribution >= 4 is 0 Å². The molecule has 0 unspecified atom stereocenters. The van der Waals surface area contributed by atoms with Gasteiger partial charge in [0, 0.05) is 20.4 Å². The fourth-order valence-corrected chi connectivity index (χ4v) is 0.282. The van der Waals surface area contributed by atoms with E-state index in [0.717, 1.165) is 5.56 Å². The molecule has 0 atom stereocenters. The van der Waals surface area contributed by atoms with Crippen molar-refractivity contribution < 1.29 is 20.4 Å². The summed E-state index contributed by atoms with van der Waals surface area (Å²) in [6.07, 6.45) is 4.49. The molecule has 0 spiro atoms. The number of aromatic nitrogens is 2. The van der Waals surface area contributed by atoms with Crippen LogP contribution < -0.4 is 0 Å². The molecule has 3 heteroatoms. The molecule has 0 aliphatic heterocycles. The van der Waals surface area contributed by atoms with Crippen LogP contribution in [-0.4, -0.2) is 10.2 Å². The van der Waals surface area contributed by atoms with E-state index in [-0.39, 0.29) is 20.4 Å². The van der Waals surface area contributed by atoms with Crippen molar-refractivity contribution in [3.8, 4) is 0 Å². The number of hydrogen-bond donors (Lipinski definition) is 1. The Morgan fingerprint density at radius 1 is 1.86 bits per heavy atom. The normalized spacial score (nSPS) is 7.57. The van der Waals surface area contributed by atoms with Gasteiger partial charge in [0.1, 0.15) is 0 Å². The Kier molecular flexibility index (Phi) is 2.90. The van der Waals surface area contributed by atoms with Crippen LogP contribution in [0, 0.1) is 13.1 Å². The first-order valence-corrected chi connectivity index (χ1v) is 1.77. The first-order chi connectivity index (χ1) is 2.89. The summed E-state index contributed by atoms with van der Waals surface area (Å²) >= 11 is 0. The molecule has 2 nitrogen and oxygen atoms in total. The average molecular weight is 267 g/mol. The van der Waals surface area contributed by atoms with E-state index in [1.165, 1.54) is 0 Å². The zero-order valence-corrected chi connectivity index (χ0v) is 6.62. The fourth-order valence-electron chi connectivity index (χ4n) is 0.282. The SMILES string of the molecule is Cc1[c-]n[nH]c1.[Re]. The maximum Gasteiger partial charge on any atom is 0 e. The minimum absolute atomic E-state index is 0. The predicted molar refractivity (Wildman–Crippen MR) is 22.2 cm³/mol. The third kappa shape index (κ3) is 1.86. The minimum atomic E-state index is 0. The van der Waals surface area contributed by atoms with Gasteiger partial charge in [0.05, 0.1) is 0 Å². The summed E-state index contributed by atoms with van der Waals surface area (Å²) in [4.78, 5) is 0. The standard InChI is InChI=1S/C4H5N2.Re/c1-4-2-5-6-3-4;/h2H,1H3,(H,5,6);/q-1;. The topological polar surface area (TPSA) is 28.7 Å². The number of nitrogens with one attached hydrogen (secondary N) is 1. The van der Waals surface area contributed by atoms with Crippen LogP contribution in [0.5, 0.6) is 0 Å². The molecule has 1 heterocycles. The van der Waals surface area contributed by atoms with Crippen molar-refractivity contribution in [2.24, 2.45) is 0 Å². The van der Waals surface area contributed by atoms with Crippen LogP contribution >= 0.6 is 0 Å². The van der Waals surface area contributed by atoms with Gasteiger partial charge in [-0.05, 0) is 0 Å². The summed E-state index contributed by atoms with van der Waals surface area (Å²) in [5, 5.41) is 6.20. The van der Waals surface area contributed by atoms with Crippen LogP contribution in [0.4, 0.5) is 0 Å². The molecule has 0 aliphatic carbocycles. The molecule has 0 bridgehead atoms. The molecule has 0 amide bonds. The molecule has 7 heavy (non-hydrogen) atoms. The Morgan fingerprint density at radius 2 is 2.57 bits per heavy atom. The van der Waals surface area contributed by atoms with E-state index < -0.39 is 0 Å². The third-order valence-electron chi connectivity index (χ3n) is 0.578. The summed E-state index contributed by atoms with van der Waals surface area (Å²) < 4.78 is 0. The van der Waals surface area contributed by atoms with E-state index in [1.807, 2.05) is 6.92 Å². The summed E-state index contributed by atoms with van der Waals surface area (Å²) in [7, 11) is 0. The van der Waals surface area contributed by atoms with Gasteiger partial charge in [-0.1, -0.05) is 6.92 Å². The van der Waals surface area contributed by atoms with Gasteiger partial charge in [-0.3, -0.25) is 0 Å². The van der Waals surface area contributed by atoms with Crippen LogP contribution in [0.2, 0.25) is 0 Å². The minimum Gasteiger partial charge on any atom is -0.382 e. The number of aryl methyl sites for hydroxylation is 1. The summed E-state index contributed by atoms with van der Waals surface area (Å²) in [6, 6.07) is 0. The maximum atomic E-state index is 3.57. The largest absolute Gasteiger partial charge is 0.382 e. The van der Waals surface area contributed by atoms with Gasteiger partial charge >= 0.3 is 0 Å². The van der Waals surface area contributed by atoms with Crippen LogP contribution in [0.25, 0.3) is 0 Å². The molecule has 39 valence electrons. The van der Waals surface area contributed by atoms with E-state index in [2.05, 4.69) is 16.4 Å². The molecule has 1 N–H and O–H groups in total. The first kappa shape index (κ1) is 6.87. The molecule has 1 aromatic rings. The second-order valence-electron chi connectivity index (χ2n) is 1.18. The molecule has 0 aliphatic rings. The quantitative estimate of drug-likeness (QED) is 0.682. The monoisotopic (exact) mass is 268 g/mol. The number of H-pyrrole nitrogens is 1. The van der Waals surface area contributed by atoms with Gasteiger partial charge in [-0.15, -0.1) is 12.4 Å². The molecule has 0 aromatic carbocycles. The van der Waals surface area contributed by atoms with Crippen molar-refractivity contribution in [1.29, 1.82) is 0 Å². The molecular weight excluding hydrogens is 262 g/mol. The van der Waals surface area contributed by atoms with E-state index in [0.29, 0.717) is 0 Å². The van der Waals surface area contributed by atoms with Gasteiger partial charge in [0.2, 0.25) is 0 Å². The molecular formula is C4H5N2Re-. The van der Waals surface area contributed by atoms with Crippen molar-refractivity contribution in [2.45, 2.75) is 6.92 Å². The van der Waals surface area contributed by atoms with Crippen molar-refractivity contribution in [3.63, 3.8) is 0 Å². The number of hydrogen-bond acceptors (Lipinski definition) is 1. The van der Waals surface area contributed by atoms with E-state index in [4.69, 9.17) is 0 Å². The van der Waals surface area contributed by atoms with E-state index in [9.17, 15) is 0 Å². The first-order valence-electron chi connectivity index (χ1n) is 1.77. The smallest absolute Gasteiger partial charge is 0 e. The van der Waals surface area contributed by atoms with Crippen LogP contribution in [-0.2, 0) is 20.4 Å². The van der Waals surface area contributed by atoms with Crippen molar-refractivity contribution in [3.05, 3.63) is 18.0 Å². The Morgan fingerprint density at radius 3 is 2.71 bits per heavy atom. The van der Waals surface area contributed by atoms with Gasteiger partial charge in [0.25, 0.3) is 0 Å².